The molecule has 0 bridgehead atoms. The number of rotatable bonds is 8. The van der Waals surface area contributed by atoms with Crippen molar-refractivity contribution in [2.45, 2.75) is 0 Å². The maximum Gasteiger partial charge on any atom is 0.341 e. The minimum Gasteiger partial charge on any atom is -0.492 e. The van der Waals surface area contributed by atoms with Crippen molar-refractivity contribution in [1.82, 2.24) is 4.90 Å². The molecule has 0 saturated carbocycles. The van der Waals surface area contributed by atoms with E-state index in [1.54, 1.807) is 36.4 Å². The average Bonchev–Trinajstić information content (AvgIpc) is 2.95. The number of nitrogens with zero attached hydrogens (tertiary/aromatic N) is 1. The monoisotopic (exact) mass is 477 g/mol. The molecule has 7 nitrogen and oxygen atoms in total. The summed E-state index contributed by atoms with van der Waals surface area (Å²) in [7, 11) is 0. The fourth-order valence-corrected chi connectivity index (χ4v) is 3.86. The standard InChI is InChI=1S/C20H16BrNO6S/c21-15-10-13(6-7-16(15)28-12-18(23)24)11-17-19(25)22(20(26)29-17)8-9-27-14-4-2-1-3-5-14/h1-7,10-11H,8-9,12H2,(H,23,24)/b17-11-. The molecule has 1 fully saturated rings. The molecule has 2 aromatic carbocycles. The molecule has 0 unspecified atom stereocenters. The van der Waals surface area contributed by atoms with Crippen LogP contribution in [0.1, 0.15) is 5.56 Å². The van der Waals surface area contributed by atoms with Crippen molar-refractivity contribution in [3.8, 4) is 11.5 Å². The Morgan fingerprint density at radius 2 is 1.90 bits per heavy atom. The number of hydrogen-bond acceptors (Lipinski definition) is 6. The van der Waals surface area contributed by atoms with Gasteiger partial charge in [-0.25, -0.2) is 4.79 Å². The maximum atomic E-state index is 12.6. The Kier molecular flexibility index (Phi) is 6.95. The number of carbonyl (C=O) groups excluding carboxylic acids is 2. The summed E-state index contributed by atoms with van der Waals surface area (Å²) in [5, 5.41) is 8.33. The minimum absolute atomic E-state index is 0.155. The number of aliphatic carboxylic acids is 1. The van der Waals surface area contributed by atoms with Crippen LogP contribution in [0.15, 0.2) is 57.9 Å². The summed E-state index contributed by atoms with van der Waals surface area (Å²) in [6.45, 7) is -0.0963. The Morgan fingerprint density at radius 3 is 2.59 bits per heavy atom. The highest BCUT2D eigenvalue weighted by molar-refractivity contribution is 9.10. The number of hydrogen-bond donors (Lipinski definition) is 1. The van der Waals surface area contributed by atoms with Crippen LogP contribution in [0.25, 0.3) is 6.08 Å². The van der Waals surface area contributed by atoms with Crippen molar-refractivity contribution in [1.29, 1.82) is 0 Å². The highest BCUT2D eigenvalue weighted by atomic mass is 79.9. The normalized spacial score (nSPS) is 15.1. The van der Waals surface area contributed by atoms with Gasteiger partial charge in [-0.05, 0) is 63.6 Å². The number of ether oxygens (including phenoxy) is 2. The lowest BCUT2D eigenvalue weighted by Crippen LogP contribution is -2.32. The third-order valence-corrected chi connectivity index (χ3v) is 5.33. The van der Waals surface area contributed by atoms with Gasteiger partial charge in [0.2, 0.25) is 0 Å². The zero-order valence-electron chi connectivity index (χ0n) is 15.0. The van der Waals surface area contributed by atoms with Gasteiger partial charge in [0.15, 0.2) is 6.61 Å². The molecule has 150 valence electrons. The van der Waals surface area contributed by atoms with Crippen LogP contribution in [0, 0.1) is 0 Å². The van der Waals surface area contributed by atoms with Crippen molar-refractivity contribution < 1.29 is 29.0 Å². The van der Waals surface area contributed by atoms with Gasteiger partial charge in [0.25, 0.3) is 11.1 Å². The van der Waals surface area contributed by atoms with E-state index in [2.05, 4.69) is 15.9 Å². The van der Waals surface area contributed by atoms with E-state index in [0.29, 0.717) is 26.4 Å². The molecular formula is C20H16BrNO6S. The average molecular weight is 478 g/mol. The highest BCUT2D eigenvalue weighted by Crippen LogP contribution is 2.33. The lowest BCUT2D eigenvalue weighted by molar-refractivity contribution is -0.139. The SMILES string of the molecule is O=C(O)COc1ccc(/C=C2\SC(=O)N(CCOc3ccccc3)C2=O)cc1Br. The van der Waals surface area contributed by atoms with Gasteiger partial charge < -0.3 is 14.6 Å². The van der Waals surface area contributed by atoms with Crippen molar-refractivity contribution in [3.05, 3.63) is 63.5 Å². The Labute approximate surface area is 179 Å². The predicted molar refractivity (Wildman–Crippen MR) is 112 cm³/mol. The molecule has 0 spiro atoms. The zero-order valence-corrected chi connectivity index (χ0v) is 17.4. The van der Waals surface area contributed by atoms with Crippen molar-refractivity contribution in [2.24, 2.45) is 0 Å². The molecule has 1 N–H and O–H groups in total. The Hall–Kier alpha value is -2.78. The van der Waals surface area contributed by atoms with E-state index in [4.69, 9.17) is 14.6 Å². The van der Waals surface area contributed by atoms with Crippen LogP contribution in [0.2, 0.25) is 0 Å². The van der Waals surface area contributed by atoms with E-state index in [9.17, 15) is 14.4 Å². The molecule has 29 heavy (non-hydrogen) atoms. The van der Waals surface area contributed by atoms with E-state index in [-0.39, 0.29) is 24.3 Å². The van der Waals surface area contributed by atoms with Crippen LogP contribution >= 0.6 is 27.7 Å². The number of benzene rings is 2. The topological polar surface area (TPSA) is 93.1 Å². The maximum absolute atomic E-state index is 12.6. The van der Waals surface area contributed by atoms with Crippen LogP contribution in [0.4, 0.5) is 4.79 Å². The van der Waals surface area contributed by atoms with Crippen LogP contribution in [0.3, 0.4) is 0 Å². The van der Waals surface area contributed by atoms with E-state index >= 15 is 0 Å². The third-order valence-electron chi connectivity index (χ3n) is 3.81. The predicted octanol–water partition coefficient (Wildman–Crippen LogP) is 4.03. The third kappa shape index (κ3) is 5.61. The van der Waals surface area contributed by atoms with Crippen LogP contribution in [-0.2, 0) is 9.59 Å². The van der Waals surface area contributed by atoms with E-state index in [0.717, 1.165) is 16.7 Å². The number of imide groups is 1. The summed E-state index contributed by atoms with van der Waals surface area (Å²) in [5.74, 6) is -0.411. The largest absolute Gasteiger partial charge is 0.492 e. The number of para-hydroxylation sites is 1. The molecule has 9 heteroatoms. The summed E-state index contributed by atoms with van der Waals surface area (Å²) >= 11 is 4.17. The molecule has 2 amide bonds. The fraction of sp³-hybridized carbons (Fsp3) is 0.150. The van der Waals surface area contributed by atoms with Gasteiger partial charge >= 0.3 is 5.97 Å². The van der Waals surface area contributed by atoms with Gasteiger partial charge in [0, 0.05) is 0 Å². The molecule has 2 aromatic rings. The van der Waals surface area contributed by atoms with Gasteiger partial charge in [0.05, 0.1) is 15.9 Å². The first-order valence-corrected chi connectivity index (χ1v) is 10.1. The number of thioether (sulfide) groups is 1. The summed E-state index contributed by atoms with van der Waals surface area (Å²) in [6, 6.07) is 14.1. The second kappa shape index (κ2) is 9.62. The number of carbonyl (C=O) groups is 3. The van der Waals surface area contributed by atoms with Crippen LogP contribution in [-0.4, -0.2) is 46.9 Å². The molecule has 0 atom stereocenters. The number of carboxylic acids is 1. The first-order valence-electron chi connectivity index (χ1n) is 8.51. The summed E-state index contributed by atoms with van der Waals surface area (Å²) in [6.07, 6.45) is 1.61. The van der Waals surface area contributed by atoms with Crippen LogP contribution in [0.5, 0.6) is 11.5 Å². The first kappa shape index (κ1) is 20.9. The molecule has 1 saturated heterocycles. The van der Waals surface area contributed by atoms with Gasteiger partial charge in [-0.15, -0.1) is 0 Å². The number of halogens is 1. The quantitative estimate of drug-likeness (QED) is 0.573. The smallest absolute Gasteiger partial charge is 0.341 e. The number of carboxylic acid groups (broad SMARTS) is 1. The van der Waals surface area contributed by atoms with E-state index < -0.39 is 12.6 Å². The Morgan fingerprint density at radius 1 is 1.14 bits per heavy atom. The van der Waals surface area contributed by atoms with Gasteiger partial charge in [-0.3, -0.25) is 14.5 Å². The minimum atomic E-state index is -1.08. The van der Waals surface area contributed by atoms with Crippen molar-refractivity contribution >= 4 is 50.9 Å². The summed E-state index contributed by atoms with van der Waals surface area (Å²) in [4.78, 5) is 36.8. The Balaban J connectivity index is 1.63. The Bertz CT molecular complexity index is 963. The zero-order chi connectivity index (χ0) is 20.8. The lowest BCUT2D eigenvalue weighted by atomic mass is 10.2. The molecular weight excluding hydrogens is 462 g/mol. The lowest BCUT2D eigenvalue weighted by Gasteiger charge is -2.13. The van der Waals surface area contributed by atoms with Crippen LogP contribution < -0.4 is 9.47 Å². The first-order chi connectivity index (χ1) is 13.9. The molecule has 1 aliphatic rings. The molecule has 0 aromatic heterocycles. The molecule has 3 rings (SSSR count). The molecule has 1 heterocycles. The van der Waals surface area contributed by atoms with Gasteiger partial charge in [-0.2, -0.15) is 0 Å². The molecule has 1 aliphatic heterocycles. The van der Waals surface area contributed by atoms with Gasteiger partial charge in [0.1, 0.15) is 18.1 Å². The van der Waals surface area contributed by atoms with E-state index in [1.807, 2.05) is 18.2 Å². The fourth-order valence-electron chi connectivity index (χ4n) is 2.48. The highest BCUT2D eigenvalue weighted by Gasteiger charge is 2.34. The van der Waals surface area contributed by atoms with Crippen molar-refractivity contribution in [3.63, 3.8) is 0 Å². The summed E-state index contributed by atoms with van der Waals surface area (Å²) in [5.41, 5.74) is 0.672. The van der Waals surface area contributed by atoms with Gasteiger partial charge in [-0.1, -0.05) is 24.3 Å². The summed E-state index contributed by atoms with van der Waals surface area (Å²) < 4.78 is 11.2. The molecule has 0 radical (unpaired) electrons. The number of amides is 2. The van der Waals surface area contributed by atoms with Crippen molar-refractivity contribution in [2.75, 3.05) is 19.8 Å². The van der Waals surface area contributed by atoms with E-state index in [1.165, 1.54) is 0 Å². The second-order valence-electron chi connectivity index (χ2n) is 5.87. The second-order valence-corrected chi connectivity index (χ2v) is 7.71. The molecule has 0 aliphatic carbocycles.